The summed E-state index contributed by atoms with van der Waals surface area (Å²) >= 11 is 2.36. The van der Waals surface area contributed by atoms with E-state index in [4.69, 9.17) is 13.3 Å². The van der Waals surface area contributed by atoms with Gasteiger partial charge in [0.1, 0.15) is 0 Å². The van der Waals surface area contributed by atoms with E-state index in [2.05, 4.69) is 53.8 Å². The fourth-order valence-electron chi connectivity index (χ4n) is 1.88. The molecule has 1 unspecified atom stereocenters. The summed E-state index contributed by atoms with van der Waals surface area (Å²) < 4.78 is 17.5. The van der Waals surface area contributed by atoms with Crippen molar-refractivity contribution in [3.05, 3.63) is 35.4 Å². The molecule has 1 rings (SSSR count). The van der Waals surface area contributed by atoms with Crippen LogP contribution in [0.5, 0.6) is 0 Å². The lowest BCUT2D eigenvalue weighted by molar-refractivity contribution is 0.114. The number of rotatable bonds is 6. The van der Waals surface area contributed by atoms with Crippen LogP contribution in [0.25, 0.3) is 0 Å². The zero-order valence-electron chi connectivity index (χ0n) is 10.7. The molecule has 0 radical (unpaired) electrons. The number of alkyl halides is 1. The quantitative estimate of drug-likeness (QED) is 0.440. The molecule has 1 aromatic carbocycles. The Morgan fingerprint density at radius 2 is 1.53 bits per heavy atom. The Kier molecular flexibility index (Phi) is 6.08. The first kappa shape index (κ1) is 15.1. The molecular weight excluding hydrogens is 347 g/mol. The van der Waals surface area contributed by atoms with E-state index in [1.54, 1.807) is 21.3 Å². The highest BCUT2D eigenvalue weighted by Crippen LogP contribution is 2.28. The van der Waals surface area contributed by atoms with Gasteiger partial charge >= 0.3 is 8.80 Å². The van der Waals surface area contributed by atoms with Crippen LogP contribution >= 0.6 is 22.6 Å². The van der Waals surface area contributed by atoms with Gasteiger partial charge in [-0.25, -0.2) is 0 Å². The van der Waals surface area contributed by atoms with Crippen molar-refractivity contribution in [3.63, 3.8) is 0 Å². The van der Waals surface area contributed by atoms with Crippen molar-refractivity contribution in [2.45, 2.75) is 16.9 Å². The van der Waals surface area contributed by atoms with Gasteiger partial charge in [0.25, 0.3) is 0 Å². The zero-order valence-corrected chi connectivity index (χ0v) is 13.9. The molecule has 0 aliphatic carbocycles. The SMILES string of the molecule is CO[Si](OC)(OC)C(C)c1ccc(CI)cc1. The molecule has 0 aliphatic heterocycles. The van der Waals surface area contributed by atoms with Gasteiger partial charge in [0.2, 0.25) is 0 Å². The predicted molar refractivity (Wildman–Crippen MR) is 79.4 cm³/mol. The maximum Gasteiger partial charge on any atom is 0.507 e. The highest BCUT2D eigenvalue weighted by atomic mass is 127. The summed E-state index contributed by atoms with van der Waals surface area (Å²) in [6, 6.07) is 8.52. The molecule has 0 fully saturated rings. The van der Waals surface area contributed by atoms with Gasteiger partial charge in [-0.05, 0) is 11.1 Å². The van der Waals surface area contributed by atoms with E-state index < -0.39 is 8.80 Å². The average Bonchev–Trinajstić information content (AvgIpc) is 2.41. The van der Waals surface area contributed by atoms with Gasteiger partial charge in [0, 0.05) is 25.8 Å². The molecule has 17 heavy (non-hydrogen) atoms. The van der Waals surface area contributed by atoms with Crippen LogP contribution < -0.4 is 0 Å². The minimum Gasteiger partial charge on any atom is -0.376 e. The number of hydrogen-bond acceptors (Lipinski definition) is 3. The average molecular weight is 366 g/mol. The van der Waals surface area contributed by atoms with Crippen molar-refractivity contribution < 1.29 is 13.3 Å². The Hall–Kier alpha value is 0.0469. The number of benzene rings is 1. The van der Waals surface area contributed by atoms with Crippen molar-refractivity contribution in [3.8, 4) is 0 Å². The lowest BCUT2D eigenvalue weighted by atomic mass is 10.1. The zero-order chi connectivity index (χ0) is 12.9. The van der Waals surface area contributed by atoms with Crippen LogP contribution in [0.2, 0.25) is 0 Å². The summed E-state index contributed by atoms with van der Waals surface area (Å²) in [5, 5.41) is 0. The van der Waals surface area contributed by atoms with Crippen LogP contribution in [0.1, 0.15) is 23.6 Å². The highest BCUT2D eigenvalue weighted by Gasteiger charge is 2.45. The van der Waals surface area contributed by atoms with E-state index >= 15 is 0 Å². The second-order valence-corrected chi connectivity index (χ2v) is 7.87. The Morgan fingerprint density at radius 1 is 1.06 bits per heavy atom. The topological polar surface area (TPSA) is 27.7 Å². The van der Waals surface area contributed by atoms with Crippen molar-refractivity contribution in [2.24, 2.45) is 0 Å². The van der Waals surface area contributed by atoms with Gasteiger partial charge in [-0.3, -0.25) is 0 Å². The van der Waals surface area contributed by atoms with E-state index in [9.17, 15) is 0 Å². The third-order valence-corrected chi connectivity index (χ3v) is 7.00. The maximum absolute atomic E-state index is 5.50. The molecule has 1 aromatic rings. The van der Waals surface area contributed by atoms with Crippen molar-refractivity contribution in [1.82, 2.24) is 0 Å². The summed E-state index contributed by atoms with van der Waals surface area (Å²) in [6.45, 7) is 2.09. The first-order valence-corrected chi connectivity index (χ1v) is 8.76. The normalized spacial score (nSPS) is 13.7. The molecule has 1 atom stereocenters. The van der Waals surface area contributed by atoms with Crippen LogP contribution in [0.15, 0.2) is 24.3 Å². The molecule has 0 amide bonds. The summed E-state index contributed by atoms with van der Waals surface area (Å²) in [4.78, 5) is 0. The smallest absolute Gasteiger partial charge is 0.376 e. The molecule has 0 aromatic heterocycles. The molecule has 0 heterocycles. The lowest BCUT2D eigenvalue weighted by Gasteiger charge is -2.30. The number of halogens is 1. The molecule has 0 aliphatic rings. The minimum atomic E-state index is -2.59. The van der Waals surface area contributed by atoms with E-state index in [1.165, 1.54) is 11.1 Å². The van der Waals surface area contributed by atoms with Crippen molar-refractivity contribution in [2.75, 3.05) is 21.3 Å². The van der Waals surface area contributed by atoms with Gasteiger partial charge in [-0.2, -0.15) is 0 Å². The van der Waals surface area contributed by atoms with Crippen LogP contribution in [0.4, 0.5) is 0 Å². The molecule has 5 heteroatoms. The minimum absolute atomic E-state index is 0.130. The largest absolute Gasteiger partial charge is 0.507 e. The van der Waals surface area contributed by atoms with Crippen LogP contribution in [0.3, 0.4) is 0 Å². The van der Waals surface area contributed by atoms with E-state index in [0.717, 1.165) is 4.43 Å². The van der Waals surface area contributed by atoms with Crippen molar-refractivity contribution in [1.29, 1.82) is 0 Å². The van der Waals surface area contributed by atoms with Gasteiger partial charge in [-0.1, -0.05) is 53.8 Å². The fraction of sp³-hybridized carbons (Fsp3) is 0.500. The summed E-state index contributed by atoms with van der Waals surface area (Å²) in [6.07, 6.45) is 0. The fourth-order valence-corrected chi connectivity index (χ4v) is 4.55. The Morgan fingerprint density at radius 3 is 1.88 bits per heavy atom. The Bertz CT molecular complexity index is 330. The van der Waals surface area contributed by atoms with Gasteiger partial charge in [0.05, 0.1) is 5.54 Å². The van der Waals surface area contributed by atoms with E-state index in [0.29, 0.717) is 0 Å². The first-order valence-electron chi connectivity index (χ1n) is 5.43. The predicted octanol–water partition coefficient (Wildman–Crippen LogP) is 3.14. The third-order valence-electron chi connectivity index (χ3n) is 3.02. The molecule has 96 valence electrons. The molecule has 0 N–H and O–H groups in total. The van der Waals surface area contributed by atoms with Crippen LogP contribution in [0, 0.1) is 0 Å². The third kappa shape index (κ3) is 3.28. The summed E-state index contributed by atoms with van der Waals surface area (Å²) in [5.41, 5.74) is 2.64. The van der Waals surface area contributed by atoms with Crippen molar-refractivity contribution >= 4 is 31.4 Å². The Balaban J connectivity index is 2.96. The highest BCUT2D eigenvalue weighted by molar-refractivity contribution is 14.1. The van der Waals surface area contributed by atoms with E-state index in [-0.39, 0.29) is 5.54 Å². The standard InChI is InChI=1S/C12H19IO3Si/c1-10(17(14-2,15-3)16-4)12-7-5-11(9-13)6-8-12/h5-8,10H,9H2,1-4H3. The van der Waals surface area contributed by atoms with Gasteiger partial charge < -0.3 is 13.3 Å². The van der Waals surface area contributed by atoms with E-state index in [1.807, 2.05) is 0 Å². The summed E-state index contributed by atoms with van der Waals surface area (Å²) in [7, 11) is 2.35. The van der Waals surface area contributed by atoms with Gasteiger partial charge in [0.15, 0.2) is 0 Å². The molecule has 0 bridgehead atoms. The summed E-state index contributed by atoms with van der Waals surface area (Å²) in [5.74, 6) is 0. The lowest BCUT2D eigenvalue weighted by Crippen LogP contribution is -2.48. The second kappa shape index (κ2) is 6.84. The first-order chi connectivity index (χ1) is 8.13. The number of hydrogen-bond donors (Lipinski definition) is 0. The molecular formula is C12H19IO3Si. The molecule has 0 spiro atoms. The molecule has 0 saturated carbocycles. The van der Waals surface area contributed by atoms with Crippen LogP contribution in [-0.4, -0.2) is 30.1 Å². The Labute approximate surface area is 118 Å². The second-order valence-electron chi connectivity index (χ2n) is 3.81. The molecule has 0 saturated heterocycles. The van der Waals surface area contributed by atoms with Gasteiger partial charge in [-0.15, -0.1) is 0 Å². The monoisotopic (exact) mass is 366 g/mol. The van der Waals surface area contributed by atoms with Crippen LogP contribution in [-0.2, 0) is 17.7 Å². The maximum atomic E-state index is 5.50. The molecule has 3 nitrogen and oxygen atoms in total.